The van der Waals surface area contributed by atoms with Crippen LogP contribution in [0.1, 0.15) is 10.4 Å². The van der Waals surface area contributed by atoms with Crippen LogP contribution in [0.25, 0.3) is 10.9 Å². The summed E-state index contributed by atoms with van der Waals surface area (Å²) in [6.45, 7) is 0. The Hall–Kier alpha value is -1.82. The van der Waals surface area contributed by atoms with Gasteiger partial charge in [-0.1, -0.05) is 11.8 Å². The summed E-state index contributed by atoms with van der Waals surface area (Å²) >= 11 is 1.34. The number of carbonyl (C=O) groups is 1. The van der Waals surface area contributed by atoms with Gasteiger partial charge in [0.15, 0.2) is 5.16 Å². The highest BCUT2D eigenvalue weighted by atomic mass is 32.2. The molecule has 0 saturated heterocycles. The predicted octanol–water partition coefficient (Wildman–Crippen LogP) is 1.35. The molecule has 0 amide bonds. The van der Waals surface area contributed by atoms with Crippen molar-refractivity contribution in [1.82, 2.24) is 9.55 Å². The number of hydrogen-bond acceptors (Lipinski definition) is 4. The Kier molecular flexibility index (Phi) is 2.89. The zero-order valence-corrected chi connectivity index (χ0v) is 10.1. The normalized spacial score (nSPS) is 10.7. The van der Waals surface area contributed by atoms with Gasteiger partial charge in [-0.05, 0) is 24.5 Å². The Labute approximate surface area is 101 Å². The highest BCUT2D eigenvalue weighted by Crippen LogP contribution is 2.15. The molecular weight excluding hydrogens is 240 g/mol. The molecule has 0 aliphatic carbocycles. The van der Waals surface area contributed by atoms with Crippen LogP contribution in [0.5, 0.6) is 0 Å². The minimum absolute atomic E-state index is 0.130. The SMILES string of the molecule is CSc1nc2cc(C(=O)O)ccc2c(=O)n1C. The van der Waals surface area contributed by atoms with Gasteiger partial charge in [0.2, 0.25) is 0 Å². The minimum Gasteiger partial charge on any atom is -0.478 e. The van der Waals surface area contributed by atoms with Crippen LogP contribution in [0, 0.1) is 0 Å². The summed E-state index contributed by atoms with van der Waals surface area (Å²) in [6, 6.07) is 4.32. The number of thioether (sulfide) groups is 1. The Morgan fingerprint density at radius 3 is 2.76 bits per heavy atom. The van der Waals surface area contributed by atoms with Gasteiger partial charge in [0.05, 0.1) is 16.5 Å². The Morgan fingerprint density at radius 1 is 1.47 bits per heavy atom. The van der Waals surface area contributed by atoms with Crippen molar-refractivity contribution < 1.29 is 9.90 Å². The van der Waals surface area contributed by atoms with Crippen molar-refractivity contribution >= 4 is 28.6 Å². The Morgan fingerprint density at radius 2 is 2.18 bits per heavy atom. The van der Waals surface area contributed by atoms with Crippen molar-refractivity contribution in [3.63, 3.8) is 0 Å². The molecule has 1 aromatic heterocycles. The number of hydrogen-bond donors (Lipinski definition) is 1. The first-order chi connectivity index (χ1) is 8.04. The number of fused-ring (bicyclic) bond motifs is 1. The van der Waals surface area contributed by atoms with Gasteiger partial charge in [-0.15, -0.1) is 0 Å². The number of carboxylic acid groups (broad SMARTS) is 1. The molecule has 0 aliphatic rings. The number of benzene rings is 1. The summed E-state index contributed by atoms with van der Waals surface area (Å²) < 4.78 is 1.45. The van der Waals surface area contributed by atoms with Crippen molar-refractivity contribution in [2.75, 3.05) is 6.26 Å². The van der Waals surface area contributed by atoms with E-state index in [4.69, 9.17) is 5.11 Å². The van der Waals surface area contributed by atoms with Crippen molar-refractivity contribution in [3.8, 4) is 0 Å². The molecule has 1 N–H and O–H groups in total. The summed E-state index contributed by atoms with van der Waals surface area (Å²) in [6.07, 6.45) is 1.81. The summed E-state index contributed by atoms with van der Waals surface area (Å²) in [7, 11) is 1.64. The van der Waals surface area contributed by atoms with E-state index >= 15 is 0 Å². The number of carboxylic acids is 1. The van der Waals surface area contributed by atoms with Crippen LogP contribution in [-0.4, -0.2) is 26.9 Å². The molecule has 5 nitrogen and oxygen atoms in total. The summed E-state index contributed by atoms with van der Waals surface area (Å²) in [5.41, 5.74) is 0.374. The lowest BCUT2D eigenvalue weighted by Crippen LogP contribution is -2.20. The van der Waals surface area contributed by atoms with E-state index in [0.717, 1.165) is 0 Å². The molecular formula is C11H10N2O3S. The molecule has 2 rings (SSSR count). The first kappa shape index (κ1) is 11.7. The van der Waals surface area contributed by atoms with Crippen LogP contribution < -0.4 is 5.56 Å². The second-order valence-corrected chi connectivity index (χ2v) is 4.27. The molecule has 0 fully saturated rings. The molecule has 0 radical (unpaired) electrons. The molecule has 0 aliphatic heterocycles. The number of aromatic carboxylic acids is 1. The maximum absolute atomic E-state index is 12.0. The monoisotopic (exact) mass is 250 g/mol. The fourth-order valence-electron chi connectivity index (χ4n) is 1.57. The van der Waals surface area contributed by atoms with Gasteiger partial charge >= 0.3 is 5.97 Å². The van der Waals surface area contributed by atoms with Crippen LogP contribution in [-0.2, 0) is 7.05 Å². The van der Waals surface area contributed by atoms with Crippen molar-refractivity contribution in [1.29, 1.82) is 0 Å². The van der Waals surface area contributed by atoms with E-state index in [1.807, 2.05) is 6.26 Å². The smallest absolute Gasteiger partial charge is 0.335 e. The van der Waals surface area contributed by atoms with Crippen LogP contribution in [0.3, 0.4) is 0 Å². The van der Waals surface area contributed by atoms with E-state index in [1.54, 1.807) is 7.05 Å². The number of nitrogens with zero attached hydrogens (tertiary/aromatic N) is 2. The van der Waals surface area contributed by atoms with Gasteiger partial charge in [-0.3, -0.25) is 9.36 Å². The molecule has 0 saturated carbocycles. The first-order valence-electron chi connectivity index (χ1n) is 4.82. The van der Waals surface area contributed by atoms with Crippen LogP contribution in [0.4, 0.5) is 0 Å². The van der Waals surface area contributed by atoms with E-state index in [0.29, 0.717) is 16.1 Å². The van der Waals surface area contributed by atoms with Crippen molar-refractivity contribution in [2.45, 2.75) is 5.16 Å². The highest BCUT2D eigenvalue weighted by Gasteiger charge is 2.10. The molecule has 17 heavy (non-hydrogen) atoms. The average Bonchev–Trinajstić information content (AvgIpc) is 2.33. The average molecular weight is 250 g/mol. The van der Waals surface area contributed by atoms with E-state index in [1.165, 1.54) is 34.5 Å². The summed E-state index contributed by atoms with van der Waals surface area (Å²) in [4.78, 5) is 27.0. The van der Waals surface area contributed by atoms with Crippen molar-refractivity contribution in [3.05, 3.63) is 34.1 Å². The van der Waals surface area contributed by atoms with E-state index in [9.17, 15) is 9.59 Å². The minimum atomic E-state index is -1.03. The zero-order valence-electron chi connectivity index (χ0n) is 9.30. The summed E-state index contributed by atoms with van der Waals surface area (Å²) in [5.74, 6) is -1.03. The van der Waals surface area contributed by atoms with Crippen LogP contribution in [0.15, 0.2) is 28.2 Å². The topological polar surface area (TPSA) is 72.2 Å². The number of rotatable bonds is 2. The maximum Gasteiger partial charge on any atom is 0.335 e. The lowest BCUT2D eigenvalue weighted by atomic mass is 10.1. The molecule has 6 heteroatoms. The van der Waals surface area contributed by atoms with Gasteiger partial charge in [0, 0.05) is 7.05 Å². The molecule has 0 spiro atoms. The quantitative estimate of drug-likeness (QED) is 0.643. The summed E-state index contributed by atoms with van der Waals surface area (Å²) in [5, 5.41) is 9.86. The third kappa shape index (κ3) is 1.91. The van der Waals surface area contributed by atoms with E-state index < -0.39 is 5.97 Å². The van der Waals surface area contributed by atoms with Gasteiger partial charge in [-0.25, -0.2) is 9.78 Å². The largest absolute Gasteiger partial charge is 0.478 e. The molecule has 0 atom stereocenters. The third-order valence-electron chi connectivity index (χ3n) is 2.47. The lowest BCUT2D eigenvalue weighted by molar-refractivity contribution is 0.0697. The van der Waals surface area contributed by atoms with E-state index in [-0.39, 0.29) is 11.1 Å². The molecule has 2 aromatic rings. The standard InChI is InChI=1S/C11H10N2O3S/c1-13-9(14)7-4-3-6(10(15)16)5-8(7)12-11(13)17-2/h3-5H,1-2H3,(H,15,16). The van der Waals surface area contributed by atoms with Crippen LogP contribution in [0.2, 0.25) is 0 Å². The molecule has 1 heterocycles. The third-order valence-corrected chi connectivity index (χ3v) is 3.20. The predicted molar refractivity (Wildman–Crippen MR) is 65.7 cm³/mol. The highest BCUT2D eigenvalue weighted by molar-refractivity contribution is 7.98. The number of aromatic nitrogens is 2. The molecule has 1 aromatic carbocycles. The lowest BCUT2D eigenvalue weighted by Gasteiger charge is -2.06. The maximum atomic E-state index is 12.0. The molecule has 0 unspecified atom stereocenters. The van der Waals surface area contributed by atoms with Crippen LogP contribution >= 0.6 is 11.8 Å². The van der Waals surface area contributed by atoms with Crippen molar-refractivity contribution in [2.24, 2.45) is 7.05 Å². The fraction of sp³-hybridized carbons (Fsp3) is 0.182. The Balaban J connectivity index is 2.83. The zero-order chi connectivity index (χ0) is 12.6. The molecule has 0 bridgehead atoms. The second-order valence-electron chi connectivity index (χ2n) is 3.50. The Bertz CT molecular complexity index is 664. The van der Waals surface area contributed by atoms with Gasteiger partial charge in [0.1, 0.15) is 0 Å². The molecule has 88 valence electrons. The van der Waals surface area contributed by atoms with Gasteiger partial charge in [0.25, 0.3) is 5.56 Å². The fourth-order valence-corrected chi connectivity index (χ4v) is 2.11. The van der Waals surface area contributed by atoms with Gasteiger partial charge in [-0.2, -0.15) is 0 Å². The second kappa shape index (κ2) is 4.21. The first-order valence-corrected chi connectivity index (χ1v) is 6.05. The van der Waals surface area contributed by atoms with Gasteiger partial charge < -0.3 is 5.11 Å². The van der Waals surface area contributed by atoms with E-state index in [2.05, 4.69) is 4.98 Å².